The molecule has 4 heterocycles. The largest absolute Gasteiger partial charge is 0.453 e. The maximum absolute atomic E-state index is 14.0. The van der Waals surface area contributed by atoms with E-state index in [-0.39, 0.29) is 137 Å². The quantitative estimate of drug-likeness (QED) is 0.0130. The molecule has 776 valence electrons. The predicted molar refractivity (Wildman–Crippen MR) is 582 cm³/mol. The van der Waals surface area contributed by atoms with Crippen LogP contribution in [0.15, 0.2) is 97.1 Å². The van der Waals surface area contributed by atoms with Gasteiger partial charge in [0.05, 0.1) is 45.5 Å². The lowest BCUT2D eigenvalue weighted by Gasteiger charge is -2.30. The third kappa shape index (κ3) is 30.3. The van der Waals surface area contributed by atoms with Gasteiger partial charge >= 0.3 is 0 Å². The van der Waals surface area contributed by atoms with Crippen molar-refractivity contribution in [3.05, 3.63) is 142 Å². The molecule has 8 bridgehead atoms. The minimum absolute atomic E-state index is 0.0414. The lowest BCUT2D eigenvalue weighted by atomic mass is 9.76. The van der Waals surface area contributed by atoms with Crippen molar-refractivity contribution in [3.8, 4) is 92.0 Å². The lowest BCUT2D eigenvalue weighted by Crippen LogP contribution is -2.18. The number of carbonyl (C=O) groups excluding carboxylic acids is 8. The molecule has 4 aliphatic heterocycles. The second kappa shape index (κ2) is 57.0. The summed E-state index contributed by atoms with van der Waals surface area (Å²) >= 11 is 51.0. The first-order valence-electron chi connectivity index (χ1n) is 51.9. The van der Waals surface area contributed by atoms with Gasteiger partial charge in [0.15, 0.2) is 46.0 Å². The summed E-state index contributed by atoms with van der Waals surface area (Å²) in [5.74, 6) is -8.98. The molecular weight excluding hydrogens is 2000 g/mol. The molecule has 1 aliphatic carbocycles. The van der Waals surface area contributed by atoms with Crippen LogP contribution in [0.25, 0.3) is 0 Å². The van der Waals surface area contributed by atoms with Gasteiger partial charge in [0.1, 0.15) is 93.0 Å². The molecule has 8 N–H and O–H groups in total. The molecule has 8 aromatic rings. The first kappa shape index (κ1) is 111. The van der Waals surface area contributed by atoms with E-state index < -0.39 is 118 Å². The summed E-state index contributed by atoms with van der Waals surface area (Å²) in [7, 11) is 0. The maximum atomic E-state index is 14.0. The van der Waals surface area contributed by atoms with Crippen LogP contribution in [-0.2, 0) is 38.4 Å². The first-order chi connectivity index (χ1) is 70.1. The second-order valence-corrected chi connectivity index (χ2v) is 40.2. The smallest absolute Gasteiger partial charge is 0.239 e. The number of amides is 8. The number of carbonyl (C=O) groups is 8. The number of nitrogens with one attached hydrogen (secondary N) is 8. The van der Waals surface area contributed by atoms with Gasteiger partial charge in [0, 0.05) is 141 Å². The van der Waals surface area contributed by atoms with Gasteiger partial charge in [-0.2, -0.15) is 0 Å². The average Bonchev–Trinajstić information content (AvgIpc) is 1.43. The zero-order valence-electron chi connectivity index (χ0n) is 83.0. The number of alkyl halides is 8. The molecule has 8 amide bonds. The van der Waals surface area contributed by atoms with Gasteiger partial charge in [-0.3, -0.25) is 38.4 Å². The van der Waals surface area contributed by atoms with E-state index in [1.54, 1.807) is 48.5 Å². The van der Waals surface area contributed by atoms with Gasteiger partial charge in [0.2, 0.25) is 47.3 Å². The number of hydrogen-bond donors (Lipinski definition) is 8. The topological polar surface area (TPSA) is 307 Å². The number of ether oxygens (including phenoxy) is 8. The number of rotatable bonds is 56. The third-order valence-corrected chi connectivity index (χ3v) is 29.2. The van der Waals surface area contributed by atoms with Crippen LogP contribution in [0, 0.1) is 0 Å². The molecule has 24 nitrogen and oxygen atoms in total. The normalized spacial score (nSPS) is 14.6. The summed E-state index contributed by atoms with van der Waals surface area (Å²) in [6.45, 7) is 8.88. The van der Waals surface area contributed by atoms with Crippen LogP contribution in [0.3, 0.4) is 0 Å². The predicted octanol–water partition coefficient (Wildman–Crippen LogP) is 33.2. The highest BCUT2D eigenvalue weighted by molar-refractivity contribution is 6.33. The van der Waals surface area contributed by atoms with Crippen molar-refractivity contribution >= 4 is 186 Å². The van der Waals surface area contributed by atoms with Crippen LogP contribution >= 0.6 is 92.8 Å². The Hall–Kier alpha value is -9.76. The zero-order valence-corrected chi connectivity index (χ0v) is 89.1. The molecule has 0 spiro atoms. The Kier molecular flexibility index (Phi) is 44.1. The molecule has 0 saturated heterocycles. The van der Waals surface area contributed by atoms with Crippen LogP contribution in [0.2, 0.25) is 0 Å². The Bertz CT molecular complexity index is 4830. The molecule has 0 aromatic heterocycles. The highest BCUT2D eigenvalue weighted by atomic mass is 35.5. The minimum Gasteiger partial charge on any atom is -0.453 e. The number of anilines is 8. The van der Waals surface area contributed by atoms with Gasteiger partial charge in [-0.25, -0.2) is 0 Å². The van der Waals surface area contributed by atoms with Crippen LogP contribution in [0.5, 0.6) is 92.0 Å². The molecule has 0 saturated carbocycles. The van der Waals surface area contributed by atoms with E-state index in [4.69, 9.17) is 131 Å². The molecule has 0 fully saturated rings. The number of benzene rings is 8. The standard InChI is InChI=1S/C112H136Cl8N8O16/c1-5-9-13-17-21-25-29-33-37-41-69-73-45-75-70(42-38-34-30-26-22-18-14-10-6-2)77-47-79-72(44-40-36-32-28-24-20-16-12-8-4)80-48-78-71(43-39-35-31-27-23-19-15-11-7-3)76-46-74(69)90-58-92(76)140-100-52-84(124-108(132)64-116)86(126-110(134)66-118)54-102(100)142-94(78)60-96(80)144-104-56-88(128-112(136)68-120)87(127-111(135)67-119)55-103(104)143-95(79)59-93(77)141-101-53-85(125-109(133)65-117)83(123-107(131)63-115)51-99(101)139-91(75)57-89(73)137-97-49-81(121-105(129)61-113)82(50-98(97)138-90)122-106(130)62-114/h45-60,69-72H,5-44,61-68H2,1-4H3,(H,121,129)(H,122,130)(H,123,131)(H,124,132)(H,125,133)(H,126,134)(H,127,135)(H,128,136). The summed E-state index contributed by atoms with van der Waals surface area (Å²) in [6.07, 6.45) is 38.4. The molecule has 0 radical (unpaired) electrons. The average molecular weight is 2130 g/mol. The van der Waals surface area contributed by atoms with Crippen LogP contribution in [0.1, 0.15) is 353 Å². The summed E-state index contributed by atoms with van der Waals surface area (Å²) in [5.41, 5.74) is 6.08. The van der Waals surface area contributed by atoms with E-state index in [9.17, 15) is 38.4 Å². The summed E-state index contributed by atoms with van der Waals surface area (Å²) in [6, 6.07) is 28.8. The van der Waals surface area contributed by atoms with Crippen LogP contribution < -0.4 is 80.4 Å². The van der Waals surface area contributed by atoms with Gasteiger partial charge in [0.25, 0.3) is 0 Å². The van der Waals surface area contributed by atoms with Crippen molar-refractivity contribution in [2.75, 3.05) is 89.6 Å². The maximum Gasteiger partial charge on any atom is 0.239 e. The summed E-state index contributed by atoms with van der Waals surface area (Å²) in [5, 5.41) is 23.2. The molecule has 8 aromatic carbocycles. The third-order valence-electron chi connectivity index (χ3n) is 27.2. The van der Waals surface area contributed by atoms with Crippen LogP contribution in [0.4, 0.5) is 45.5 Å². The SMILES string of the molecule is CCCCCCCCCCCC1c2cc3c4cc2Oc2cc(NC(=O)CCl)c(NC(=O)CCl)cc2Oc2cc5c(cc21)C(CCCCCCCCCCC)c1cc2c(cc1Oc1cc(NC(=O)CCl)c(NC(=O)CCl)cc1O5)Oc1cc(NC(=O)CCl)c(NC(=O)CCl)cc1Oc1cc(c(cc1C2CCCCCCCCCCC)C3CCCCCCCCCCC)Oc1cc(NC(=O)CCl)c(NC(=O)CCl)cc1O4. The highest BCUT2D eigenvalue weighted by Crippen LogP contribution is 2.62. The molecule has 13 rings (SSSR count). The monoisotopic (exact) mass is 2130 g/mol. The van der Waals surface area contributed by atoms with E-state index in [0.717, 1.165) is 205 Å². The zero-order chi connectivity index (χ0) is 102. The van der Waals surface area contributed by atoms with Gasteiger partial charge in [-0.1, -0.05) is 259 Å². The molecule has 0 unspecified atom stereocenters. The summed E-state index contributed by atoms with van der Waals surface area (Å²) in [4.78, 5) is 112. The Morgan fingerprint density at radius 3 is 0.410 bits per heavy atom. The lowest BCUT2D eigenvalue weighted by molar-refractivity contribution is -0.114. The Morgan fingerprint density at radius 2 is 0.292 bits per heavy atom. The van der Waals surface area contributed by atoms with Crippen molar-refractivity contribution in [3.63, 3.8) is 0 Å². The van der Waals surface area contributed by atoms with Crippen molar-refractivity contribution < 1.29 is 76.3 Å². The Labute approximate surface area is 886 Å². The van der Waals surface area contributed by atoms with Crippen molar-refractivity contribution in [2.45, 2.75) is 308 Å². The second-order valence-electron chi connectivity index (χ2n) is 38.0. The van der Waals surface area contributed by atoms with Gasteiger partial charge in [-0.15, -0.1) is 92.8 Å². The van der Waals surface area contributed by atoms with Crippen molar-refractivity contribution in [1.29, 1.82) is 0 Å². The fraction of sp³-hybridized carbons (Fsp3) is 0.500. The molecule has 32 heteroatoms. The fourth-order valence-electron chi connectivity index (χ4n) is 19.9. The molecule has 0 atom stereocenters. The number of hydrogen-bond acceptors (Lipinski definition) is 16. The van der Waals surface area contributed by atoms with E-state index in [0.29, 0.717) is 95.9 Å². The Balaban J connectivity index is 1.24. The van der Waals surface area contributed by atoms with E-state index >= 15 is 0 Å². The van der Waals surface area contributed by atoms with Crippen LogP contribution in [-0.4, -0.2) is 94.3 Å². The fourth-order valence-corrected chi connectivity index (χ4v) is 20.5. The van der Waals surface area contributed by atoms with E-state index in [1.165, 1.54) is 0 Å². The number of unbranched alkanes of at least 4 members (excludes halogenated alkanes) is 32. The molecular formula is C112H136Cl8N8O16. The molecule has 144 heavy (non-hydrogen) atoms. The van der Waals surface area contributed by atoms with E-state index in [2.05, 4.69) is 94.5 Å². The van der Waals surface area contributed by atoms with Crippen molar-refractivity contribution in [2.24, 2.45) is 0 Å². The van der Waals surface area contributed by atoms with E-state index in [1.807, 2.05) is 24.3 Å². The number of fused-ring (bicyclic) bond motifs is 4. The highest BCUT2D eigenvalue weighted by Gasteiger charge is 2.41. The van der Waals surface area contributed by atoms with Gasteiger partial charge < -0.3 is 80.4 Å². The Morgan fingerprint density at radius 1 is 0.174 bits per heavy atom. The molecule has 5 aliphatic rings. The number of halogens is 8. The summed E-state index contributed by atoms with van der Waals surface area (Å²) < 4.78 is 61.9. The first-order valence-corrected chi connectivity index (χ1v) is 56.2. The van der Waals surface area contributed by atoms with Crippen molar-refractivity contribution in [1.82, 2.24) is 0 Å². The van der Waals surface area contributed by atoms with Gasteiger partial charge in [-0.05, 0) is 49.9 Å². The minimum atomic E-state index is -0.684.